The maximum absolute atomic E-state index is 11.2. The molecule has 9 heteroatoms. The number of nitrogens with one attached hydrogen (secondary N) is 1. The summed E-state index contributed by atoms with van der Waals surface area (Å²) in [5, 5.41) is 1.17. The van der Waals surface area contributed by atoms with Crippen LogP contribution in [0.4, 0.5) is 11.6 Å². The van der Waals surface area contributed by atoms with E-state index in [9.17, 15) is 4.79 Å². The number of hydrogen-bond acceptors (Lipinski definition) is 6. The molecule has 0 saturated carbocycles. The number of nitrogens with two attached hydrogens (primary N) is 1. The van der Waals surface area contributed by atoms with Crippen LogP contribution in [-0.2, 0) is 6.42 Å². The summed E-state index contributed by atoms with van der Waals surface area (Å²) in [7, 11) is 0. The van der Waals surface area contributed by atoms with Gasteiger partial charge in [-0.2, -0.15) is 0 Å². The number of H-pyrrole nitrogens is 1. The van der Waals surface area contributed by atoms with Crippen molar-refractivity contribution in [3.63, 3.8) is 0 Å². The minimum atomic E-state index is -0.495. The van der Waals surface area contributed by atoms with Gasteiger partial charge in [0, 0.05) is 62.0 Å². The molecule has 4 heterocycles. The van der Waals surface area contributed by atoms with Gasteiger partial charge in [0.15, 0.2) is 5.69 Å². The standard InChI is InChI=1S/C27H28N8O/c1-29-22-6-8-25-23(14-22)19(15-31-25)4-2-3-9-34-10-12-35(13-11-34)27-32-17-21(18-33-27)24-7-5-20(16-30-24)26(28)36/h5-8,14-18,31H,2-4,9-13H2,(H2,28,36). The predicted octanol–water partition coefficient (Wildman–Crippen LogP) is 3.81. The van der Waals surface area contributed by atoms with Crippen LogP contribution in [0.3, 0.4) is 0 Å². The molecule has 9 nitrogen and oxygen atoms in total. The quantitative estimate of drug-likeness (QED) is 0.293. The van der Waals surface area contributed by atoms with Gasteiger partial charge in [0.25, 0.3) is 0 Å². The molecule has 1 aliphatic heterocycles. The number of nitrogens with zero attached hydrogens (tertiary/aromatic N) is 6. The fourth-order valence-corrected chi connectivity index (χ4v) is 4.59. The van der Waals surface area contributed by atoms with Crippen molar-refractivity contribution in [1.29, 1.82) is 0 Å². The predicted molar refractivity (Wildman–Crippen MR) is 140 cm³/mol. The first-order valence-corrected chi connectivity index (χ1v) is 12.1. The van der Waals surface area contributed by atoms with Crippen LogP contribution in [0.15, 0.2) is 55.1 Å². The number of amides is 1. The SMILES string of the molecule is [C-]#[N+]c1ccc2[nH]cc(CCCCN3CCN(c4ncc(-c5ccc(C(N)=O)cn5)cn4)CC3)c2c1. The van der Waals surface area contributed by atoms with E-state index in [1.54, 1.807) is 24.5 Å². The number of carbonyl (C=O) groups excluding carboxylic acids is 1. The number of benzene rings is 1. The topological polar surface area (TPSA) is 108 Å². The van der Waals surface area contributed by atoms with E-state index in [4.69, 9.17) is 12.3 Å². The van der Waals surface area contributed by atoms with Crippen molar-refractivity contribution in [2.75, 3.05) is 37.6 Å². The maximum atomic E-state index is 11.2. The third-order valence-corrected chi connectivity index (χ3v) is 6.69. The molecule has 5 rings (SSSR count). The first-order valence-electron chi connectivity index (χ1n) is 12.1. The van der Waals surface area contributed by atoms with Crippen molar-refractivity contribution >= 4 is 28.4 Å². The molecule has 0 atom stereocenters. The highest BCUT2D eigenvalue weighted by Crippen LogP contribution is 2.25. The molecule has 0 radical (unpaired) electrons. The van der Waals surface area contributed by atoms with Crippen molar-refractivity contribution in [2.24, 2.45) is 5.73 Å². The Kier molecular flexibility index (Phi) is 6.87. The van der Waals surface area contributed by atoms with Gasteiger partial charge in [-0.25, -0.2) is 14.8 Å². The summed E-state index contributed by atoms with van der Waals surface area (Å²) in [5.74, 6) is 0.232. The number of hydrogen-bond donors (Lipinski definition) is 2. The number of primary amides is 1. The maximum Gasteiger partial charge on any atom is 0.250 e. The number of anilines is 1. The van der Waals surface area contributed by atoms with E-state index in [0.717, 1.165) is 69.0 Å². The molecule has 3 N–H and O–H groups in total. The van der Waals surface area contributed by atoms with Crippen LogP contribution in [0.5, 0.6) is 0 Å². The molecular formula is C27H28N8O. The average molecular weight is 481 g/mol. The summed E-state index contributed by atoms with van der Waals surface area (Å²) in [6.07, 6.45) is 10.4. The van der Waals surface area contributed by atoms with E-state index in [1.165, 1.54) is 17.1 Å². The van der Waals surface area contributed by atoms with E-state index in [-0.39, 0.29) is 0 Å². The lowest BCUT2D eigenvalue weighted by Crippen LogP contribution is -2.47. The van der Waals surface area contributed by atoms with Gasteiger partial charge >= 0.3 is 0 Å². The Bertz CT molecular complexity index is 1380. The van der Waals surface area contributed by atoms with Gasteiger partial charge in [-0.1, -0.05) is 6.07 Å². The highest BCUT2D eigenvalue weighted by atomic mass is 16.1. The summed E-state index contributed by atoms with van der Waals surface area (Å²) in [6, 6.07) is 9.24. The van der Waals surface area contributed by atoms with Gasteiger partial charge in [0.1, 0.15) is 0 Å². The number of carbonyl (C=O) groups is 1. The minimum absolute atomic E-state index is 0.377. The zero-order valence-corrected chi connectivity index (χ0v) is 20.0. The highest BCUT2D eigenvalue weighted by molar-refractivity contribution is 5.92. The van der Waals surface area contributed by atoms with E-state index in [1.807, 2.05) is 18.2 Å². The summed E-state index contributed by atoms with van der Waals surface area (Å²) in [4.78, 5) is 36.2. The Hall–Kier alpha value is -4.29. The third kappa shape index (κ3) is 5.19. The van der Waals surface area contributed by atoms with Gasteiger partial charge in [0.05, 0.1) is 17.8 Å². The zero-order valence-electron chi connectivity index (χ0n) is 20.0. The normalized spacial score (nSPS) is 14.1. The summed E-state index contributed by atoms with van der Waals surface area (Å²) < 4.78 is 0. The first-order chi connectivity index (χ1) is 17.6. The Labute approximate surface area is 209 Å². The van der Waals surface area contributed by atoms with E-state index < -0.39 is 5.91 Å². The van der Waals surface area contributed by atoms with E-state index in [0.29, 0.717) is 16.9 Å². The van der Waals surface area contributed by atoms with E-state index in [2.05, 4.69) is 40.8 Å². The van der Waals surface area contributed by atoms with E-state index >= 15 is 0 Å². The molecule has 0 aliphatic carbocycles. The molecule has 1 aliphatic rings. The van der Waals surface area contributed by atoms with Crippen LogP contribution in [-0.4, -0.2) is 63.5 Å². The molecule has 36 heavy (non-hydrogen) atoms. The third-order valence-electron chi connectivity index (χ3n) is 6.69. The number of unbranched alkanes of at least 4 members (excludes halogenated alkanes) is 1. The number of aromatic nitrogens is 4. The second kappa shape index (κ2) is 10.5. The van der Waals surface area contributed by atoms with Crippen LogP contribution in [0, 0.1) is 6.57 Å². The molecule has 0 unspecified atom stereocenters. The van der Waals surface area contributed by atoms with Crippen LogP contribution >= 0.6 is 0 Å². The smallest absolute Gasteiger partial charge is 0.250 e. The van der Waals surface area contributed by atoms with Gasteiger partial charge in [-0.05, 0) is 61.0 Å². The van der Waals surface area contributed by atoms with Crippen molar-refractivity contribution in [3.05, 3.63) is 77.7 Å². The molecule has 3 aromatic heterocycles. The lowest BCUT2D eigenvalue weighted by Gasteiger charge is -2.34. The molecule has 1 aromatic carbocycles. The second-order valence-corrected chi connectivity index (χ2v) is 9.01. The monoisotopic (exact) mass is 480 g/mol. The Morgan fingerprint density at radius 2 is 1.83 bits per heavy atom. The molecule has 0 spiro atoms. The van der Waals surface area contributed by atoms with Gasteiger partial charge in [-0.15, -0.1) is 0 Å². The fraction of sp³-hybridized carbons (Fsp3) is 0.296. The van der Waals surface area contributed by atoms with Crippen LogP contribution < -0.4 is 10.6 Å². The molecule has 1 amide bonds. The summed E-state index contributed by atoms with van der Waals surface area (Å²) >= 11 is 0. The van der Waals surface area contributed by atoms with Crippen molar-refractivity contribution in [2.45, 2.75) is 19.3 Å². The molecule has 182 valence electrons. The molecule has 0 bridgehead atoms. The van der Waals surface area contributed by atoms with Gasteiger partial charge in [0.2, 0.25) is 11.9 Å². The average Bonchev–Trinajstić information content (AvgIpc) is 3.33. The van der Waals surface area contributed by atoms with Crippen molar-refractivity contribution < 1.29 is 4.79 Å². The molecular weight excluding hydrogens is 452 g/mol. The van der Waals surface area contributed by atoms with Gasteiger partial charge < -0.3 is 15.6 Å². The van der Waals surface area contributed by atoms with Crippen LogP contribution in [0.25, 0.3) is 27.0 Å². The second-order valence-electron chi connectivity index (χ2n) is 9.01. The first kappa shape index (κ1) is 23.5. The molecule has 4 aromatic rings. The number of aromatic amines is 1. The lowest BCUT2D eigenvalue weighted by molar-refractivity contribution is 0.1000. The number of pyridine rings is 1. The molecule has 1 saturated heterocycles. The Morgan fingerprint density at radius 3 is 2.53 bits per heavy atom. The van der Waals surface area contributed by atoms with Crippen molar-refractivity contribution in [3.8, 4) is 11.3 Å². The van der Waals surface area contributed by atoms with Gasteiger partial charge in [-0.3, -0.25) is 14.7 Å². The van der Waals surface area contributed by atoms with Crippen LogP contribution in [0.1, 0.15) is 28.8 Å². The summed E-state index contributed by atoms with van der Waals surface area (Å²) in [6.45, 7) is 12.1. The number of piperazine rings is 1. The number of aryl methyl sites for hydroxylation is 1. The van der Waals surface area contributed by atoms with Crippen LogP contribution in [0.2, 0.25) is 0 Å². The minimum Gasteiger partial charge on any atom is -0.366 e. The number of rotatable bonds is 8. The lowest BCUT2D eigenvalue weighted by atomic mass is 10.1. The van der Waals surface area contributed by atoms with Crippen molar-refractivity contribution in [1.82, 2.24) is 24.8 Å². The molecule has 1 fully saturated rings. The largest absolute Gasteiger partial charge is 0.366 e. The number of fused-ring (bicyclic) bond motifs is 1. The Balaban J connectivity index is 1.08. The zero-order chi connectivity index (χ0) is 24.9. The summed E-state index contributed by atoms with van der Waals surface area (Å²) in [5.41, 5.74) is 10.2. The fourth-order valence-electron chi connectivity index (χ4n) is 4.59. The highest BCUT2D eigenvalue weighted by Gasteiger charge is 2.19. The Morgan fingerprint density at radius 1 is 1.03 bits per heavy atom.